The third-order valence-corrected chi connectivity index (χ3v) is 6.19. The second-order valence-corrected chi connectivity index (χ2v) is 7.54. The van der Waals surface area contributed by atoms with Crippen LogP contribution in [0.5, 0.6) is 0 Å². The van der Waals surface area contributed by atoms with Gasteiger partial charge in [-0.15, -0.1) is 0 Å². The standard InChI is InChI=1S/C19H28FNO2/c1-4-23-18(22)17-14-7-8-15(10-14)19(17,3)21-11-13-6-5-12(2)16(20)9-13/h5-6,14-17,21H,4,7-11H2,1-3H3/t14-,15+,16?,17-,19-/m0/s1. The van der Waals surface area contributed by atoms with Crippen molar-refractivity contribution in [3.63, 3.8) is 0 Å². The molecular formula is C19H28FNO2. The Kier molecular flexibility index (Phi) is 4.63. The molecule has 0 heterocycles. The van der Waals surface area contributed by atoms with Gasteiger partial charge >= 0.3 is 5.97 Å². The molecule has 1 unspecified atom stereocenters. The SMILES string of the molecule is CCOC(=O)[C@@H]1[C@H]2CC[C@H](C2)[C@]1(C)NCC1=CC=C(C)C(F)C1. The lowest BCUT2D eigenvalue weighted by Gasteiger charge is -2.41. The van der Waals surface area contributed by atoms with Gasteiger partial charge in [-0.25, -0.2) is 4.39 Å². The molecule has 2 fully saturated rings. The largest absolute Gasteiger partial charge is 0.466 e. The molecule has 4 heteroatoms. The summed E-state index contributed by atoms with van der Waals surface area (Å²) in [6, 6.07) is 0. The number of nitrogens with one attached hydrogen (secondary N) is 1. The molecule has 3 nitrogen and oxygen atoms in total. The molecule has 3 rings (SSSR count). The number of ether oxygens (including phenoxy) is 1. The number of rotatable bonds is 5. The molecule has 3 aliphatic rings. The highest BCUT2D eigenvalue weighted by molar-refractivity contribution is 5.75. The molecule has 0 aromatic rings. The summed E-state index contributed by atoms with van der Waals surface area (Å²) in [6.45, 7) is 6.94. The van der Waals surface area contributed by atoms with E-state index in [9.17, 15) is 9.18 Å². The Labute approximate surface area is 138 Å². The van der Waals surface area contributed by atoms with Gasteiger partial charge in [-0.05, 0) is 57.4 Å². The minimum absolute atomic E-state index is 0.0635. The van der Waals surface area contributed by atoms with Crippen molar-refractivity contribution < 1.29 is 13.9 Å². The minimum Gasteiger partial charge on any atom is -0.466 e. The van der Waals surface area contributed by atoms with Crippen LogP contribution in [0.3, 0.4) is 0 Å². The Morgan fingerprint density at radius 3 is 2.91 bits per heavy atom. The Morgan fingerprint density at radius 2 is 2.22 bits per heavy atom. The number of fused-ring (bicyclic) bond motifs is 2. The van der Waals surface area contributed by atoms with Crippen molar-refractivity contribution in [3.8, 4) is 0 Å². The summed E-state index contributed by atoms with van der Waals surface area (Å²) >= 11 is 0. The van der Waals surface area contributed by atoms with E-state index in [4.69, 9.17) is 4.74 Å². The van der Waals surface area contributed by atoms with Crippen molar-refractivity contribution >= 4 is 5.97 Å². The first-order chi connectivity index (χ1) is 11.0. The summed E-state index contributed by atoms with van der Waals surface area (Å²) in [7, 11) is 0. The van der Waals surface area contributed by atoms with E-state index in [1.54, 1.807) is 0 Å². The lowest BCUT2D eigenvalue weighted by Crippen LogP contribution is -2.56. The zero-order chi connectivity index (χ0) is 16.6. The van der Waals surface area contributed by atoms with Crippen molar-refractivity contribution in [3.05, 3.63) is 23.3 Å². The summed E-state index contributed by atoms with van der Waals surface area (Å²) in [4.78, 5) is 12.5. The van der Waals surface area contributed by atoms with Gasteiger partial charge in [-0.3, -0.25) is 4.79 Å². The molecular weight excluding hydrogens is 293 g/mol. The Morgan fingerprint density at radius 1 is 1.43 bits per heavy atom. The Balaban J connectivity index is 1.71. The fourth-order valence-corrected chi connectivity index (χ4v) is 4.78. The maximum Gasteiger partial charge on any atom is 0.311 e. The molecule has 3 aliphatic carbocycles. The molecule has 0 aromatic heterocycles. The average Bonchev–Trinajstić information content (AvgIpc) is 3.08. The van der Waals surface area contributed by atoms with Gasteiger partial charge in [0.1, 0.15) is 6.17 Å². The molecule has 2 saturated carbocycles. The number of halogens is 1. The minimum atomic E-state index is -0.870. The lowest BCUT2D eigenvalue weighted by molar-refractivity contribution is -0.153. The third kappa shape index (κ3) is 2.98. The van der Waals surface area contributed by atoms with Crippen LogP contribution in [0.15, 0.2) is 23.3 Å². The molecule has 0 radical (unpaired) electrons. The van der Waals surface area contributed by atoms with Crippen LogP contribution in [0, 0.1) is 17.8 Å². The van der Waals surface area contributed by atoms with E-state index in [1.165, 1.54) is 6.42 Å². The van der Waals surface area contributed by atoms with E-state index in [0.717, 1.165) is 24.0 Å². The number of esters is 1. The van der Waals surface area contributed by atoms with E-state index in [-0.39, 0.29) is 17.4 Å². The highest BCUT2D eigenvalue weighted by Crippen LogP contribution is 2.54. The number of hydrogen-bond acceptors (Lipinski definition) is 3. The summed E-state index contributed by atoms with van der Waals surface area (Å²) in [6.07, 6.45) is 6.90. The van der Waals surface area contributed by atoms with Crippen molar-refractivity contribution in [1.82, 2.24) is 5.32 Å². The first-order valence-corrected chi connectivity index (χ1v) is 8.87. The van der Waals surface area contributed by atoms with Crippen LogP contribution < -0.4 is 5.32 Å². The number of carbonyl (C=O) groups is 1. The van der Waals surface area contributed by atoms with Crippen LogP contribution in [0.4, 0.5) is 4.39 Å². The molecule has 0 saturated heterocycles. The van der Waals surface area contributed by atoms with Crippen molar-refractivity contribution in [2.75, 3.05) is 13.2 Å². The van der Waals surface area contributed by atoms with Crippen LogP contribution in [-0.4, -0.2) is 30.8 Å². The van der Waals surface area contributed by atoms with Crippen LogP contribution in [0.1, 0.15) is 46.5 Å². The fourth-order valence-electron chi connectivity index (χ4n) is 4.78. The van der Waals surface area contributed by atoms with Crippen LogP contribution in [0.25, 0.3) is 0 Å². The Hall–Kier alpha value is -1.16. The van der Waals surface area contributed by atoms with Crippen LogP contribution in [0.2, 0.25) is 0 Å². The van der Waals surface area contributed by atoms with Gasteiger partial charge < -0.3 is 10.1 Å². The summed E-state index contributed by atoms with van der Waals surface area (Å²) in [5.74, 6) is 0.827. The topological polar surface area (TPSA) is 38.3 Å². The smallest absolute Gasteiger partial charge is 0.311 e. The van der Waals surface area contributed by atoms with Crippen molar-refractivity contribution in [2.24, 2.45) is 17.8 Å². The fraction of sp³-hybridized carbons (Fsp3) is 0.737. The summed E-state index contributed by atoms with van der Waals surface area (Å²) < 4.78 is 19.2. The molecule has 128 valence electrons. The number of hydrogen-bond donors (Lipinski definition) is 1. The predicted molar refractivity (Wildman–Crippen MR) is 88.7 cm³/mol. The van der Waals surface area contributed by atoms with E-state index in [1.807, 2.05) is 26.0 Å². The number of carbonyl (C=O) groups excluding carboxylic acids is 1. The monoisotopic (exact) mass is 321 g/mol. The second-order valence-electron chi connectivity index (χ2n) is 7.54. The van der Waals surface area contributed by atoms with Crippen molar-refractivity contribution in [2.45, 2.75) is 58.2 Å². The highest BCUT2D eigenvalue weighted by atomic mass is 19.1. The molecule has 0 amide bonds. The molecule has 5 atom stereocenters. The Bertz CT molecular complexity index is 541. The second kappa shape index (κ2) is 6.39. The first-order valence-electron chi connectivity index (χ1n) is 8.87. The van der Waals surface area contributed by atoms with Gasteiger partial charge in [0.05, 0.1) is 12.5 Å². The van der Waals surface area contributed by atoms with E-state index < -0.39 is 6.17 Å². The summed E-state index contributed by atoms with van der Waals surface area (Å²) in [5.41, 5.74) is 1.65. The zero-order valence-electron chi connectivity index (χ0n) is 14.4. The third-order valence-electron chi connectivity index (χ3n) is 6.19. The number of allylic oxidation sites excluding steroid dienone is 3. The first kappa shape index (κ1) is 16.7. The predicted octanol–water partition coefficient (Wildman–Crippen LogP) is 3.56. The highest BCUT2D eigenvalue weighted by Gasteiger charge is 2.58. The normalized spacial score (nSPS) is 39.1. The number of alkyl halides is 1. The molecule has 23 heavy (non-hydrogen) atoms. The van der Waals surface area contributed by atoms with E-state index >= 15 is 0 Å². The average molecular weight is 321 g/mol. The maximum atomic E-state index is 13.9. The van der Waals surface area contributed by atoms with Crippen LogP contribution >= 0.6 is 0 Å². The zero-order valence-corrected chi connectivity index (χ0v) is 14.4. The molecule has 0 aliphatic heterocycles. The van der Waals surface area contributed by atoms with Crippen LogP contribution in [-0.2, 0) is 9.53 Å². The van der Waals surface area contributed by atoms with Gasteiger partial charge in [0, 0.05) is 18.5 Å². The van der Waals surface area contributed by atoms with E-state index in [0.29, 0.717) is 31.4 Å². The van der Waals surface area contributed by atoms with Gasteiger partial charge in [0.25, 0.3) is 0 Å². The van der Waals surface area contributed by atoms with E-state index in [2.05, 4.69) is 12.2 Å². The summed E-state index contributed by atoms with van der Waals surface area (Å²) in [5, 5.41) is 3.62. The van der Waals surface area contributed by atoms with Crippen molar-refractivity contribution in [1.29, 1.82) is 0 Å². The lowest BCUT2D eigenvalue weighted by atomic mass is 9.73. The molecule has 1 N–H and O–H groups in total. The van der Waals surface area contributed by atoms with Gasteiger partial charge in [-0.1, -0.05) is 17.7 Å². The van der Waals surface area contributed by atoms with Gasteiger partial charge in [-0.2, -0.15) is 0 Å². The molecule has 2 bridgehead atoms. The maximum absolute atomic E-state index is 13.9. The molecule has 0 aromatic carbocycles. The molecule has 0 spiro atoms. The quantitative estimate of drug-likeness (QED) is 0.787. The van der Waals surface area contributed by atoms with Gasteiger partial charge in [0.2, 0.25) is 0 Å². The van der Waals surface area contributed by atoms with Gasteiger partial charge in [0.15, 0.2) is 0 Å².